The van der Waals surface area contributed by atoms with Crippen LogP contribution in [0.5, 0.6) is 5.75 Å². The molecule has 1 heterocycles. The number of nitrogens with two attached hydrogens (primary N) is 1. The number of hydrogen-bond acceptors (Lipinski definition) is 6. The van der Waals surface area contributed by atoms with Gasteiger partial charge in [-0.2, -0.15) is 0 Å². The van der Waals surface area contributed by atoms with Crippen molar-refractivity contribution in [2.45, 2.75) is 44.8 Å². The van der Waals surface area contributed by atoms with E-state index in [1.807, 2.05) is 36.4 Å². The summed E-state index contributed by atoms with van der Waals surface area (Å²) in [6.45, 7) is 2.50. The van der Waals surface area contributed by atoms with E-state index in [1.54, 1.807) is 0 Å². The number of nitrogens with zero attached hydrogens (tertiary/aromatic N) is 1. The molecule has 5 rings (SSSR count). The Morgan fingerprint density at radius 3 is 2.57 bits per heavy atom. The monoisotopic (exact) mass is 500 g/mol. The van der Waals surface area contributed by atoms with Crippen LogP contribution in [0.25, 0.3) is 11.1 Å². The molecule has 0 unspecified atom stereocenters. The van der Waals surface area contributed by atoms with Crippen LogP contribution in [0.3, 0.4) is 0 Å². The third-order valence-corrected chi connectivity index (χ3v) is 7.83. The molecule has 1 saturated carbocycles. The molecule has 2 fully saturated rings. The van der Waals surface area contributed by atoms with Crippen LogP contribution in [0.2, 0.25) is 0 Å². The van der Waals surface area contributed by atoms with Crippen molar-refractivity contribution in [3.63, 3.8) is 0 Å². The molecule has 194 valence electrons. The Bertz CT molecular complexity index is 1240. The van der Waals surface area contributed by atoms with Gasteiger partial charge in [-0.15, -0.1) is 0 Å². The lowest BCUT2D eigenvalue weighted by Crippen LogP contribution is -2.55. The van der Waals surface area contributed by atoms with E-state index in [4.69, 9.17) is 15.2 Å². The van der Waals surface area contributed by atoms with Gasteiger partial charge in [0.15, 0.2) is 0 Å². The average molecular weight is 501 g/mol. The van der Waals surface area contributed by atoms with E-state index in [1.165, 1.54) is 38.5 Å². The Hall–Kier alpha value is -3.35. The second kappa shape index (κ2) is 11.0. The number of para-hydroxylation sites is 1. The van der Waals surface area contributed by atoms with E-state index < -0.39 is 6.04 Å². The van der Waals surface area contributed by atoms with Gasteiger partial charge in [-0.25, -0.2) is 0 Å². The van der Waals surface area contributed by atoms with Crippen molar-refractivity contribution >= 4 is 11.7 Å². The third-order valence-electron chi connectivity index (χ3n) is 7.83. The molecule has 1 atom stereocenters. The van der Waals surface area contributed by atoms with Crippen LogP contribution in [0.1, 0.15) is 48.4 Å². The molecule has 0 amide bonds. The van der Waals surface area contributed by atoms with E-state index in [0.717, 1.165) is 40.9 Å². The zero-order valence-corrected chi connectivity index (χ0v) is 21.5. The number of methoxy groups -OCH3 is 1. The highest BCUT2D eigenvalue weighted by atomic mass is 16.5. The molecule has 3 aromatic rings. The van der Waals surface area contributed by atoms with Gasteiger partial charge < -0.3 is 25.2 Å². The SMILES string of the molecule is COC(=O)Cc1ccccc1OCc1cc(-c2cccc([C@@H](N)CO)c2)cc(N2CC3(CCCC3)C2)c1. The van der Waals surface area contributed by atoms with E-state index in [0.29, 0.717) is 17.8 Å². The van der Waals surface area contributed by atoms with E-state index >= 15 is 0 Å². The Balaban J connectivity index is 1.43. The van der Waals surface area contributed by atoms with Gasteiger partial charge in [0.1, 0.15) is 12.4 Å². The van der Waals surface area contributed by atoms with Crippen molar-refractivity contribution in [2.24, 2.45) is 11.1 Å². The zero-order chi connectivity index (χ0) is 25.8. The van der Waals surface area contributed by atoms with Gasteiger partial charge in [0.25, 0.3) is 0 Å². The number of anilines is 1. The van der Waals surface area contributed by atoms with Crippen molar-refractivity contribution in [1.82, 2.24) is 0 Å². The van der Waals surface area contributed by atoms with Gasteiger partial charge in [0.2, 0.25) is 0 Å². The first-order chi connectivity index (χ1) is 18.0. The number of aliphatic hydroxyl groups excluding tert-OH is 1. The van der Waals surface area contributed by atoms with Crippen LogP contribution in [0, 0.1) is 5.41 Å². The van der Waals surface area contributed by atoms with Gasteiger partial charge in [-0.3, -0.25) is 4.79 Å². The molecular formula is C31H36N2O4. The molecule has 3 N–H and O–H groups in total. The maximum atomic E-state index is 11.9. The lowest BCUT2D eigenvalue weighted by molar-refractivity contribution is -0.139. The molecule has 1 spiro atoms. The van der Waals surface area contributed by atoms with Crippen LogP contribution < -0.4 is 15.4 Å². The summed E-state index contributed by atoms with van der Waals surface area (Å²) in [5, 5.41) is 9.55. The molecule has 1 aliphatic carbocycles. The summed E-state index contributed by atoms with van der Waals surface area (Å²) in [5.41, 5.74) is 12.7. The number of esters is 1. The van der Waals surface area contributed by atoms with Gasteiger partial charge in [-0.1, -0.05) is 49.2 Å². The summed E-state index contributed by atoms with van der Waals surface area (Å²) in [4.78, 5) is 14.3. The van der Waals surface area contributed by atoms with E-state index in [-0.39, 0.29) is 19.0 Å². The molecule has 6 heteroatoms. The molecule has 6 nitrogen and oxygen atoms in total. The predicted molar refractivity (Wildman–Crippen MR) is 146 cm³/mol. The zero-order valence-electron chi connectivity index (χ0n) is 21.5. The fourth-order valence-corrected chi connectivity index (χ4v) is 5.73. The molecule has 3 aromatic carbocycles. The van der Waals surface area contributed by atoms with Crippen molar-refractivity contribution in [2.75, 3.05) is 31.7 Å². The van der Waals surface area contributed by atoms with Crippen molar-refractivity contribution in [3.8, 4) is 16.9 Å². The van der Waals surface area contributed by atoms with Gasteiger partial charge >= 0.3 is 5.97 Å². The summed E-state index contributed by atoms with van der Waals surface area (Å²) >= 11 is 0. The number of aliphatic hydroxyl groups is 1. The minimum absolute atomic E-state index is 0.0938. The van der Waals surface area contributed by atoms with Crippen LogP contribution >= 0.6 is 0 Å². The molecule has 2 aliphatic rings. The van der Waals surface area contributed by atoms with Crippen molar-refractivity contribution < 1.29 is 19.4 Å². The second-order valence-corrected chi connectivity index (χ2v) is 10.5. The quantitative estimate of drug-likeness (QED) is 0.401. The lowest BCUT2D eigenvalue weighted by atomic mass is 9.78. The first kappa shape index (κ1) is 25.3. The summed E-state index contributed by atoms with van der Waals surface area (Å²) in [5.74, 6) is 0.393. The number of ether oxygens (including phenoxy) is 2. The standard InChI is InChI=1S/C31H36N2O4/c1-36-30(35)17-25-7-2-3-10-29(25)37-19-22-13-26(23-8-6-9-24(15-23)28(32)18-34)16-27(14-22)33-20-31(21-33)11-4-5-12-31/h2-3,6-10,13-16,28,34H,4-5,11-12,17-21,32H2,1H3/t28-/m0/s1. The number of hydrogen-bond donors (Lipinski definition) is 2. The normalized spacial score (nSPS) is 16.9. The van der Waals surface area contributed by atoms with Crippen LogP contribution in [-0.4, -0.2) is 37.9 Å². The van der Waals surface area contributed by atoms with Crippen molar-refractivity contribution in [3.05, 3.63) is 83.4 Å². The Labute approximate surface area is 219 Å². The summed E-state index contributed by atoms with van der Waals surface area (Å²) in [6, 6.07) is 21.9. The van der Waals surface area contributed by atoms with Gasteiger partial charge in [-0.05, 0) is 65.4 Å². The average Bonchev–Trinajstić information content (AvgIpc) is 3.42. The largest absolute Gasteiger partial charge is 0.489 e. The highest BCUT2D eigenvalue weighted by Crippen LogP contribution is 2.47. The number of carbonyl (C=O) groups is 1. The third kappa shape index (κ3) is 5.65. The molecule has 0 radical (unpaired) electrons. The molecular weight excluding hydrogens is 464 g/mol. The predicted octanol–water partition coefficient (Wildman–Crippen LogP) is 5.02. The number of carbonyl (C=O) groups excluding carboxylic acids is 1. The summed E-state index contributed by atoms with van der Waals surface area (Å²) in [7, 11) is 1.40. The van der Waals surface area contributed by atoms with Crippen LogP contribution in [0.4, 0.5) is 5.69 Å². The minimum Gasteiger partial charge on any atom is -0.489 e. The molecule has 37 heavy (non-hydrogen) atoms. The Morgan fingerprint density at radius 2 is 1.81 bits per heavy atom. The minimum atomic E-state index is -0.408. The fourth-order valence-electron chi connectivity index (χ4n) is 5.73. The maximum Gasteiger partial charge on any atom is 0.310 e. The highest BCUT2D eigenvalue weighted by molar-refractivity contribution is 5.73. The number of rotatable bonds is 9. The van der Waals surface area contributed by atoms with Crippen LogP contribution in [0.15, 0.2) is 66.7 Å². The first-order valence-electron chi connectivity index (χ1n) is 13.1. The van der Waals surface area contributed by atoms with E-state index in [2.05, 4.69) is 35.2 Å². The van der Waals surface area contributed by atoms with Gasteiger partial charge in [0, 0.05) is 29.8 Å². The summed E-state index contributed by atoms with van der Waals surface area (Å²) in [6.07, 6.45) is 5.52. The Morgan fingerprint density at radius 1 is 1.03 bits per heavy atom. The smallest absolute Gasteiger partial charge is 0.310 e. The van der Waals surface area contributed by atoms with E-state index in [9.17, 15) is 9.90 Å². The molecule has 1 aliphatic heterocycles. The lowest BCUT2D eigenvalue weighted by Gasteiger charge is -2.50. The maximum absolute atomic E-state index is 11.9. The summed E-state index contributed by atoms with van der Waals surface area (Å²) < 4.78 is 11.1. The van der Waals surface area contributed by atoms with Gasteiger partial charge in [0.05, 0.1) is 26.2 Å². The highest BCUT2D eigenvalue weighted by Gasteiger charge is 2.44. The van der Waals surface area contributed by atoms with Crippen LogP contribution in [-0.2, 0) is 22.6 Å². The fraction of sp³-hybridized carbons (Fsp3) is 0.387. The van der Waals surface area contributed by atoms with Crippen molar-refractivity contribution in [1.29, 1.82) is 0 Å². The second-order valence-electron chi connectivity index (χ2n) is 10.5. The molecule has 0 bridgehead atoms. The molecule has 0 aromatic heterocycles. The Kier molecular flexibility index (Phi) is 7.49. The number of benzene rings is 3. The molecule has 1 saturated heterocycles. The first-order valence-corrected chi connectivity index (χ1v) is 13.1. The topological polar surface area (TPSA) is 85.0 Å².